The van der Waals surface area contributed by atoms with Gasteiger partial charge in [-0.1, -0.05) is 6.07 Å². The summed E-state index contributed by atoms with van der Waals surface area (Å²) in [7, 11) is 0. The second-order valence-electron chi connectivity index (χ2n) is 5.82. The SMILES string of the molecule is Cc1ccc(-n2c(O)c(C=Nc3ncc(Br)cc3Br)c(=O)[nH]c2=O)cc1C. The van der Waals surface area contributed by atoms with Gasteiger partial charge in [0.1, 0.15) is 5.56 Å². The van der Waals surface area contributed by atoms with Gasteiger partial charge in [-0.15, -0.1) is 0 Å². The first-order valence-electron chi connectivity index (χ1n) is 7.79. The quantitative estimate of drug-likeness (QED) is 0.545. The van der Waals surface area contributed by atoms with Crippen molar-refractivity contribution in [2.45, 2.75) is 13.8 Å². The number of pyridine rings is 1. The third kappa shape index (κ3) is 3.93. The summed E-state index contributed by atoms with van der Waals surface area (Å²) in [6.07, 6.45) is 2.73. The number of H-pyrrole nitrogens is 1. The molecule has 0 atom stereocenters. The van der Waals surface area contributed by atoms with Crippen LogP contribution in [0.1, 0.15) is 16.7 Å². The van der Waals surface area contributed by atoms with Gasteiger partial charge in [0.2, 0.25) is 5.88 Å². The van der Waals surface area contributed by atoms with E-state index < -0.39 is 17.1 Å². The van der Waals surface area contributed by atoms with Gasteiger partial charge in [-0.3, -0.25) is 9.78 Å². The molecule has 0 aliphatic rings. The van der Waals surface area contributed by atoms with E-state index in [1.165, 1.54) is 6.21 Å². The van der Waals surface area contributed by atoms with Crippen molar-refractivity contribution in [3.63, 3.8) is 0 Å². The first kappa shape index (κ1) is 19.2. The molecule has 0 radical (unpaired) electrons. The lowest BCUT2D eigenvalue weighted by atomic mass is 10.1. The predicted octanol–water partition coefficient (Wildman–Crippen LogP) is 3.52. The van der Waals surface area contributed by atoms with Crippen LogP contribution in [-0.2, 0) is 0 Å². The third-order valence-electron chi connectivity index (χ3n) is 3.97. The van der Waals surface area contributed by atoms with Gasteiger partial charge in [-0.05, 0) is 75.0 Å². The van der Waals surface area contributed by atoms with Crippen LogP contribution in [0.4, 0.5) is 5.82 Å². The molecule has 1 aromatic carbocycles. The monoisotopic (exact) mass is 492 g/mol. The number of hydrogen-bond acceptors (Lipinski definition) is 5. The fourth-order valence-electron chi connectivity index (χ4n) is 2.39. The molecule has 0 fully saturated rings. The summed E-state index contributed by atoms with van der Waals surface area (Å²) >= 11 is 6.62. The van der Waals surface area contributed by atoms with Crippen LogP contribution in [0.15, 0.2) is 54.0 Å². The van der Waals surface area contributed by atoms with Crippen LogP contribution in [-0.4, -0.2) is 25.9 Å². The zero-order chi connectivity index (χ0) is 19.7. The minimum atomic E-state index is -0.741. The normalized spacial score (nSPS) is 11.3. The molecule has 2 N–H and O–H groups in total. The van der Waals surface area contributed by atoms with Gasteiger partial charge in [0.05, 0.1) is 10.2 Å². The number of hydrogen-bond donors (Lipinski definition) is 2. The van der Waals surface area contributed by atoms with Gasteiger partial charge in [-0.25, -0.2) is 19.3 Å². The summed E-state index contributed by atoms with van der Waals surface area (Å²) in [5.74, 6) is -0.176. The smallest absolute Gasteiger partial charge is 0.335 e. The second-order valence-corrected chi connectivity index (χ2v) is 7.59. The van der Waals surface area contributed by atoms with E-state index in [0.717, 1.165) is 20.2 Å². The Labute approximate surface area is 170 Å². The molecule has 3 rings (SSSR count). The van der Waals surface area contributed by atoms with E-state index in [-0.39, 0.29) is 5.56 Å². The zero-order valence-corrected chi connectivity index (χ0v) is 17.5. The molecule has 0 aliphatic carbocycles. The number of benzene rings is 1. The van der Waals surface area contributed by atoms with Crippen molar-refractivity contribution in [1.29, 1.82) is 0 Å². The molecule has 9 heteroatoms. The maximum atomic E-state index is 12.3. The molecular formula is C18H14Br2N4O3. The van der Waals surface area contributed by atoms with Crippen LogP contribution in [0, 0.1) is 13.8 Å². The van der Waals surface area contributed by atoms with Crippen molar-refractivity contribution >= 4 is 43.9 Å². The molecule has 0 saturated carbocycles. The van der Waals surface area contributed by atoms with Crippen LogP contribution in [0.25, 0.3) is 5.69 Å². The fourth-order valence-corrected chi connectivity index (χ4v) is 3.48. The first-order chi connectivity index (χ1) is 12.8. The number of aliphatic imine (C=N–C) groups is 1. The molecule has 0 aliphatic heterocycles. The second kappa shape index (κ2) is 7.61. The zero-order valence-electron chi connectivity index (χ0n) is 14.3. The summed E-state index contributed by atoms with van der Waals surface area (Å²) < 4.78 is 2.39. The maximum Gasteiger partial charge on any atom is 0.335 e. The molecule has 3 aromatic rings. The minimum absolute atomic E-state index is 0.149. The van der Waals surface area contributed by atoms with Gasteiger partial charge in [0.15, 0.2) is 5.82 Å². The van der Waals surface area contributed by atoms with Crippen molar-refractivity contribution in [3.8, 4) is 11.6 Å². The standard InChI is InChI=1S/C18H14Br2N4O3/c1-9-3-4-12(5-10(9)2)24-17(26)13(16(25)23-18(24)27)8-22-15-14(20)6-11(19)7-21-15/h3-8,26H,1-2H3,(H,23,25,27). The largest absolute Gasteiger partial charge is 0.493 e. The fraction of sp³-hybridized carbons (Fsp3) is 0.111. The highest BCUT2D eigenvalue weighted by Gasteiger charge is 2.15. The molecule has 0 spiro atoms. The number of aromatic nitrogens is 3. The van der Waals surface area contributed by atoms with Gasteiger partial charge in [0.25, 0.3) is 5.56 Å². The highest BCUT2D eigenvalue weighted by Crippen LogP contribution is 2.26. The van der Waals surface area contributed by atoms with Gasteiger partial charge < -0.3 is 5.11 Å². The number of nitrogens with zero attached hydrogens (tertiary/aromatic N) is 3. The Balaban J connectivity index is 2.14. The Hall–Kier alpha value is -2.52. The summed E-state index contributed by atoms with van der Waals surface area (Å²) in [5.41, 5.74) is 0.807. The van der Waals surface area contributed by atoms with E-state index in [2.05, 4.69) is 46.8 Å². The number of rotatable bonds is 3. The maximum absolute atomic E-state index is 12.3. The van der Waals surface area contributed by atoms with Gasteiger partial charge in [-0.2, -0.15) is 0 Å². The lowest BCUT2D eigenvalue weighted by Gasteiger charge is -2.11. The van der Waals surface area contributed by atoms with E-state index in [1.54, 1.807) is 24.4 Å². The van der Waals surface area contributed by atoms with Crippen LogP contribution < -0.4 is 11.2 Å². The summed E-state index contributed by atoms with van der Waals surface area (Å²) in [4.78, 5) is 34.9. The Morgan fingerprint density at radius 1 is 1.19 bits per heavy atom. The summed E-state index contributed by atoms with van der Waals surface area (Å²) in [6.45, 7) is 3.83. The van der Waals surface area contributed by atoms with Crippen LogP contribution in [0.3, 0.4) is 0 Å². The number of nitrogens with one attached hydrogen (secondary N) is 1. The lowest BCUT2D eigenvalue weighted by molar-refractivity contribution is 0.430. The minimum Gasteiger partial charge on any atom is -0.493 e. The van der Waals surface area contributed by atoms with Crippen LogP contribution in [0.5, 0.6) is 5.88 Å². The van der Waals surface area contributed by atoms with Crippen LogP contribution >= 0.6 is 31.9 Å². The van der Waals surface area contributed by atoms with Crippen LogP contribution in [0.2, 0.25) is 0 Å². The van der Waals surface area contributed by atoms with E-state index in [9.17, 15) is 14.7 Å². The van der Waals surface area contributed by atoms with Gasteiger partial charge in [0, 0.05) is 16.9 Å². The molecule has 0 bridgehead atoms. The van der Waals surface area contributed by atoms with E-state index in [1.807, 2.05) is 19.9 Å². The topological polar surface area (TPSA) is 100 Å². The molecule has 2 aromatic heterocycles. The molecule has 2 heterocycles. The molecule has 27 heavy (non-hydrogen) atoms. The van der Waals surface area contributed by atoms with E-state index in [4.69, 9.17) is 0 Å². The van der Waals surface area contributed by atoms with E-state index in [0.29, 0.717) is 16.0 Å². The van der Waals surface area contributed by atoms with Crippen molar-refractivity contribution in [2.75, 3.05) is 0 Å². The van der Waals surface area contributed by atoms with Crippen molar-refractivity contribution < 1.29 is 5.11 Å². The average Bonchev–Trinajstić information content (AvgIpc) is 2.59. The highest BCUT2D eigenvalue weighted by molar-refractivity contribution is 9.11. The molecule has 0 amide bonds. The predicted molar refractivity (Wildman–Crippen MR) is 111 cm³/mol. The van der Waals surface area contributed by atoms with Crippen molar-refractivity contribution in [1.82, 2.24) is 14.5 Å². The van der Waals surface area contributed by atoms with Gasteiger partial charge >= 0.3 is 5.69 Å². The number of aromatic hydroxyl groups is 1. The number of aryl methyl sites for hydroxylation is 2. The van der Waals surface area contributed by atoms with Crippen molar-refractivity contribution in [2.24, 2.45) is 4.99 Å². The Bertz CT molecular complexity index is 1180. The molecule has 7 nitrogen and oxygen atoms in total. The number of aromatic amines is 1. The molecule has 0 saturated heterocycles. The summed E-state index contributed by atoms with van der Waals surface area (Å²) in [6, 6.07) is 7.02. The Morgan fingerprint density at radius 3 is 2.59 bits per heavy atom. The molecular weight excluding hydrogens is 480 g/mol. The Kier molecular flexibility index (Phi) is 5.43. The molecule has 0 unspecified atom stereocenters. The Morgan fingerprint density at radius 2 is 1.93 bits per heavy atom. The molecule has 138 valence electrons. The summed E-state index contributed by atoms with van der Waals surface area (Å²) in [5, 5.41) is 10.6. The third-order valence-corrected chi connectivity index (χ3v) is 4.99. The highest BCUT2D eigenvalue weighted by atomic mass is 79.9. The van der Waals surface area contributed by atoms with Crippen molar-refractivity contribution in [3.05, 3.63) is 76.9 Å². The number of halogens is 2. The lowest BCUT2D eigenvalue weighted by Crippen LogP contribution is -2.31. The first-order valence-corrected chi connectivity index (χ1v) is 9.37. The van der Waals surface area contributed by atoms with E-state index >= 15 is 0 Å². The average molecular weight is 494 g/mol.